The number of amides is 1. The Balaban J connectivity index is 0.00000661. The maximum Gasteiger partial charge on any atom is 2.00 e. The monoisotopic (exact) mass is 956 g/mol. The van der Waals surface area contributed by atoms with Crippen LogP contribution in [0.15, 0.2) is 100 Å². The van der Waals surface area contributed by atoms with E-state index in [1.807, 2.05) is 32.1 Å². The van der Waals surface area contributed by atoms with Crippen molar-refractivity contribution in [1.82, 2.24) is 20.4 Å². The molecule has 7 heterocycles. The SMILES string of the molecule is CC[C@H]1C2=CC3=NC(=C(CC(=O)OC)C4=NC(=CC5=C(C)/C(=C(/C)[O-])C(=N5)C=C(N2)[C@@H]1C)[C@@H](C)[C@@H]4CCC(=O)NCCN1CCOCC1)C(C([O-])=NCCN1CCOCC1)=C3C.[Pd+2]. The average molecular weight is 957 g/mol. The third-order valence-corrected chi connectivity index (χ3v) is 13.3. The van der Waals surface area contributed by atoms with E-state index < -0.39 is 11.9 Å². The number of nitrogens with zero attached hydrogens (tertiary/aromatic N) is 6. The van der Waals surface area contributed by atoms with E-state index in [-0.39, 0.29) is 68.6 Å². The van der Waals surface area contributed by atoms with Crippen molar-refractivity contribution in [3.63, 3.8) is 0 Å². The van der Waals surface area contributed by atoms with Crippen molar-refractivity contribution in [2.45, 2.75) is 67.2 Å². The minimum absolute atomic E-state index is 0. The van der Waals surface area contributed by atoms with E-state index in [0.717, 1.165) is 56.1 Å². The van der Waals surface area contributed by atoms with Gasteiger partial charge in [-0.05, 0) is 67.5 Å². The molecule has 7 aliphatic rings. The number of carbonyl (C=O) groups excluding carboxylic acids is 2. The van der Waals surface area contributed by atoms with Crippen molar-refractivity contribution in [3.05, 3.63) is 80.3 Å². The molecule has 8 bridgehead atoms. The van der Waals surface area contributed by atoms with E-state index in [9.17, 15) is 19.8 Å². The second-order valence-corrected chi connectivity index (χ2v) is 17.1. The molecular formula is C47H62N8O7Pd. The van der Waals surface area contributed by atoms with Gasteiger partial charge < -0.3 is 35.1 Å². The van der Waals surface area contributed by atoms with Crippen molar-refractivity contribution in [3.8, 4) is 0 Å². The van der Waals surface area contributed by atoms with Crippen molar-refractivity contribution < 1.29 is 54.4 Å². The standard InChI is InChI=1S/C47H64N8O7.Pd/c1-8-32-27(2)35-26-40-43(31(6)56)29(4)37(51-40)24-36-28(3)33(9-10-41(57)48-11-13-54-15-19-61-20-16-54)45(52-36)34(23-42(58)60-7)46-44(30(5)38(53-46)25-39(32)50-35)47(59)49-12-14-55-17-21-62-22-18-55;/h24-28,32-33,50,56H,8-23H2,1-7H3,(H,48,57)(H,49,59);/q;+2/p-2/b35-26?,36-24?,39-25?,43-31+,46-34?;/t27-,28+,32-,33+;/m1./s1. The Morgan fingerprint density at radius 3 is 2.22 bits per heavy atom. The molecule has 2 N–H and O–H groups in total. The number of ether oxygens (including phenoxy) is 3. The molecule has 63 heavy (non-hydrogen) atoms. The van der Waals surface area contributed by atoms with Gasteiger partial charge >= 0.3 is 26.4 Å². The number of methoxy groups -OCH3 is 1. The molecular weight excluding hydrogens is 895 g/mol. The van der Waals surface area contributed by atoms with Crippen LogP contribution in [0.1, 0.15) is 67.2 Å². The number of hydrogen-bond donors (Lipinski definition) is 2. The summed E-state index contributed by atoms with van der Waals surface area (Å²) in [7, 11) is 1.34. The van der Waals surface area contributed by atoms with Crippen molar-refractivity contribution >= 4 is 34.9 Å². The quantitative estimate of drug-likeness (QED) is 0.0915. The maximum absolute atomic E-state index is 14.5. The molecule has 342 valence electrons. The predicted octanol–water partition coefficient (Wildman–Crippen LogP) is 2.89. The number of aliphatic imine (C=N–C) groups is 4. The Hall–Kier alpha value is -4.30. The van der Waals surface area contributed by atoms with Gasteiger partial charge in [0.05, 0.1) is 75.0 Å². The van der Waals surface area contributed by atoms with Crippen LogP contribution in [0, 0.1) is 23.7 Å². The van der Waals surface area contributed by atoms with Gasteiger partial charge in [-0.3, -0.25) is 29.4 Å². The van der Waals surface area contributed by atoms with Gasteiger partial charge in [0.2, 0.25) is 5.91 Å². The maximum atomic E-state index is 14.5. The van der Waals surface area contributed by atoms with E-state index in [1.54, 1.807) is 6.92 Å². The normalized spacial score (nSPS) is 26.4. The van der Waals surface area contributed by atoms with Gasteiger partial charge in [0.15, 0.2) is 0 Å². The van der Waals surface area contributed by atoms with Crippen LogP contribution in [0.25, 0.3) is 0 Å². The summed E-state index contributed by atoms with van der Waals surface area (Å²) in [5.74, 6) is -1.49. The van der Waals surface area contributed by atoms with E-state index >= 15 is 0 Å². The molecule has 3 saturated heterocycles. The Labute approximate surface area is 385 Å². The second kappa shape index (κ2) is 21.6. The van der Waals surface area contributed by atoms with E-state index in [1.165, 1.54) is 7.11 Å². The van der Waals surface area contributed by atoms with Crippen LogP contribution in [0.3, 0.4) is 0 Å². The van der Waals surface area contributed by atoms with Crippen LogP contribution in [0.2, 0.25) is 0 Å². The molecule has 0 aromatic carbocycles. The van der Waals surface area contributed by atoms with Gasteiger partial charge in [0.1, 0.15) is 0 Å². The Kier molecular flexibility index (Phi) is 16.5. The molecule has 0 radical (unpaired) electrons. The first-order valence-corrected chi connectivity index (χ1v) is 22.3. The average Bonchev–Trinajstić information content (AvgIpc) is 3.95. The molecule has 3 fully saturated rings. The summed E-state index contributed by atoms with van der Waals surface area (Å²) in [5.41, 5.74) is 8.03. The number of morpholine rings is 2. The predicted molar refractivity (Wildman–Crippen MR) is 236 cm³/mol. The number of allylic oxidation sites excluding steroid dienone is 10. The smallest absolute Gasteiger partial charge is 0.875 e. The van der Waals surface area contributed by atoms with Gasteiger partial charge in [-0.15, -0.1) is 5.76 Å². The fraction of sp³-hybridized carbons (Fsp3) is 0.574. The van der Waals surface area contributed by atoms with Gasteiger partial charge in [-0.2, -0.15) is 0 Å². The molecule has 0 spiro atoms. The molecule has 0 aromatic rings. The summed E-state index contributed by atoms with van der Waals surface area (Å²) in [6.07, 6.45) is 7.16. The van der Waals surface area contributed by atoms with E-state index in [0.29, 0.717) is 109 Å². The molecule has 15 nitrogen and oxygen atoms in total. The summed E-state index contributed by atoms with van der Waals surface area (Å²) in [4.78, 5) is 51.6. The molecule has 0 saturated carbocycles. The first-order chi connectivity index (χ1) is 29.9. The van der Waals surface area contributed by atoms with E-state index in [2.05, 4.69) is 46.2 Å². The van der Waals surface area contributed by atoms with Gasteiger partial charge in [0, 0.05) is 104 Å². The molecule has 16 heteroatoms. The van der Waals surface area contributed by atoms with Crippen LogP contribution in [0.4, 0.5) is 0 Å². The fourth-order valence-corrected chi connectivity index (χ4v) is 9.51. The van der Waals surface area contributed by atoms with Crippen LogP contribution >= 0.6 is 0 Å². The van der Waals surface area contributed by atoms with Crippen LogP contribution < -0.4 is 20.8 Å². The summed E-state index contributed by atoms with van der Waals surface area (Å²) >= 11 is 0. The third-order valence-electron chi connectivity index (χ3n) is 13.3. The molecule has 0 aromatic heterocycles. The molecule has 1 amide bonds. The Morgan fingerprint density at radius 2 is 1.57 bits per heavy atom. The van der Waals surface area contributed by atoms with E-state index in [4.69, 9.17) is 29.2 Å². The number of carbonyl (C=O) groups is 2. The summed E-state index contributed by atoms with van der Waals surface area (Å²) < 4.78 is 16.3. The van der Waals surface area contributed by atoms with Crippen LogP contribution in [0.5, 0.6) is 0 Å². The van der Waals surface area contributed by atoms with Crippen molar-refractivity contribution in [1.29, 1.82) is 0 Å². The zero-order valence-corrected chi connectivity index (χ0v) is 39.3. The van der Waals surface area contributed by atoms with Gasteiger partial charge in [-0.1, -0.05) is 27.7 Å². The Morgan fingerprint density at radius 1 is 0.905 bits per heavy atom. The number of fused-ring (bicyclic) bond motifs is 5. The van der Waals surface area contributed by atoms with Crippen LogP contribution in [-0.4, -0.2) is 131 Å². The Bertz CT molecular complexity index is 2160. The molecule has 4 atom stereocenters. The molecule has 7 rings (SSSR count). The van der Waals surface area contributed by atoms with Crippen molar-refractivity contribution in [2.75, 3.05) is 85.9 Å². The summed E-state index contributed by atoms with van der Waals surface area (Å²) in [5, 5.41) is 34.5. The van der Waals surface area contributed by atoms with Gasteiger partial charge in [-0.25, -0.2) is 9.98 Å². The van der Waals surface area contributed by atoms with Crippen LogP contribution in [-0.2, 0) is 44.2 Å². The second-order valence-electron chi connectivity index (χ2n) is 17.1. The first-order valence-electron chi connectivity index (χ1n) is 22.3. The zero-order chi connectivity index (χ0) is 44.1. The number of nitrogens with one attached hydrogen (secondary N) is 2. The number of rotatable bonds is 13. The first kappa shape index (κ1) is 48.2. The summed E-state index contributed by atoms with van der Waals surface area (Å²) in [6, 6.07) is 0. The third kappa shape index (κ3) is 10.8. The molecule has 7 aliphatic heterocycles. The van der Waals surface area contributed by atoms with Crippen molar-refractivity contribution in [2.24, 2.45) is 43.6 Å². The number of esters is 1. The topological polar surface area (TPSA) is 188 Å². The molecule has 0 unspecified atom stereocenters. The molecule has 0 aliphatic carbocycles. The number of hydrogen-bond acceptors (Lipinski definition) is 14. The largest absolute Gasteiger partial charge is 2.00 e. The minimum atomic E-state index is -0.513. The van der Waals surface area contributed by atoms with Gasteiger partial charge in [0.25, 0.3) is 0 Å². The fourth-order valence-electron chi connectivity index (χ4n) is 9.51. The minimum Gasteiger partial charge on any atom is -0.875 e. The zero-order valence-electron chi connectivity index (χ0n) is 37.7. The summed E-state index contributed by atoms with van der Waals surface area (Å²) in [6.45, 7) is 19.8.